The second kappa shape index (κ2) is 5.00. The van der Waals surface area contributed by atoms with Crippen LogP contribution in [0.15, 0.2) is 15.9 Å². The Hall–Kier alpha value is -1.29. The van der Waals surface area contributed by atoms with Crippen LogP contribution >= 0.6 is 0 Å². The van der Waals surface area contributed by atoms with E-state index in [9.17, 15) is 9.59 Å². The standard InChI is InChI=1S/C12H19AsN4O2/c1-4-5-16-9-8(10(18)15-11(16)19)17(7-14-9)12(2,3)6-13/h7H,4-6,13H2,1-3H3,(H,15,18,19). The number of nitrogens with zero attached hydrogens (tertiary/aromatic N) is 3. The molecule has 0 aliphatic heterocycles. The van der Waals surface area contributed by atoms with Crippen LogP contribution < -0.4 is 11.2 Å². The number of H-pyrrole nitrogens is 1. The fraction of sp³-hybridized carbons (Fsp3) is 0.583. The molecule has 2 rings (SSSR count). The van der Waals surface area contributed by atoms with Crippen LogP contribution in [-0.2, 0) is 12.1 Å². The van der Waals surface area contributed by atoms with Gasteiger partial charge in [-0.2, -0.15) is 0 Å². The summed E-state index contributed by atoms with van der Waals surface area (Å²) in [5.41, 5.74) is 0.0262. The molecule has 7 heteroatoms. The minimum absolute atomic E-state index is 0.184. The third-order valence-electron chi connectivity index (χ3n) is 3.28. The molecule has 0 aliphatic carbocycles. The average Bonchev–Trinajstić information content (AvgIpc) is 2.80. The zero-order valence-electron chi connectivity index (χ0n) is 11.4. The molecule has 6 nitrogen and oxygen atoms in total. The Balaban J connectivity index is 2.84. The topological polar surface area (TPSA) is 72.7 Å². The van der Waals surface area contributed by atoms with Crippen LogP contribution in [0.1, 0.15) is 27.2 Å². The van der Waals surface area contributed by atoms with Crippen molar-refractivity contribution in [3.8, 4) is 0 Å². The van der Waals surface area contributed by atoms with E-state index in [2.05, 4.69) is 23.8 Å². The molecule has 2 heterocycles. The fourth-order valence-corrected chi connectivity index (χ4v) is 2.47. The van der Waals surface area contributed by atoms with Crippen molar-refractivity contribution in [1.82, 2.24) is 19.1 Å². The van der Waals surface area contributed by atoms with E-state index >= 15 is 0 Å². The quantitative estimate of drug-likeness (QED) is 0.809. The van der Waals surface area contributed by atoms with Gasteiger partial charge in [-0.15, -0.1) is 0 Å². The molecule has 0 spiro atoms. The molecular weight excluding hydrogens is 307 g/mol. The number of aryl methyl sites for hydroxylation is 1. The van der Waals surface area contributed by atoms with Gasteiger partial charge in [0.25, 0.3) is 0 Å². The number of hydrogen-bond acceptors (Lipinski definition) is 3. The van der Waals surface area contributed by atoms with Crippen molar-refractivity contribution in [2.24, 2.45) is 0 Å². The average molecular weight is 326 g/mol. The summed E-state index contributed by atoms with van der Waals surface area (Å²) in [4.78, 5) is 30.6. The molecule has 1 N–H and O–H groups in total. The third-order valence-corrected chi connectivity index (χ3v) is 5.38. The van der Waals surface area contributed by atoms with Crippen LogP contribution in [0.3, 0.4) is 0 Å². The fourth-order valence-electron chi connectivity index (χ4n) is 2.06. The number of rotatable bonds is 4. The Bertz CT molecular complexity index is 711. The summed E-state index contributed by atoms with van der Waals surface area (Å²) < 4.78 is 3.40. The van der Waals surface area contributed by atoms with E-state index in [0.29, 0.717) is 17.7 Å². The van der Waals surface area contributed by atoms with Gasteiger partial charge in [-0.25, -0.2) is 0 Å². The van der Waals surface area contributed by atoms with Crippen molar-refractivity contribution in [1.29, 1.82) is 0 Å². The van der Waals surface area contributed by atoms with Gasteiger partial charge in [0, 0.05) is 0 Å². The van der Waals surface area contributed by atoms with Gasteiger partial charge in [0.1, 0.15) is 0 Å². The Morgan fingerprint density at radius 1 is 1.42 bits per heavy atom. The van der Waals surface area contributed by atoms with E-state index < -0.39 is 0 Å². The molecule has 0 aromatic carbocycles. The Labute approximate surface area is 119 Å². The minimum atomic E-state index is -0.386. The van der Waals surface area contributed by atoms with Gasteiger partial charge in [-0.05, 0) is 0 Å². The second-order valence-corrected chi connectivity index (χ2v) is 6.07. The van der Waals surface area contributed by atoms with Gasteiger partial charge in [0.05, 0.1) is 0 Å². The number of aromatic amines is 1. The molecule has 0 amide bonds. The van der Waals surface area contributed by atoms with Gasteiger partial charge in [0.15, 0.2) is 0 Å². The molecule has 0 radical (unpaired) electrons. The number of imidazole rings is 1. The van der Waals surface area contributed by atoms with Crippen molar-refractivity contribution >= 4 is 28.0 Å². The Kier molecular flexibility index (Phi) is 3.72. The van der Waals surface area contributed by atoms with E-state index in [0.717, 1.165) is 11.6 Å². The summed E-state index contributed by atoms with van der Waals surface area (Å²) in [6.45, 7) is 6.66. The van der Waals surface area contributed by atoms with Crippen LogP contribution in [0.25, 0.3) is 11.2 Å². The molecule has 1 unspecified atom stereocenters. The normalized spacial score (nSPS) is 12.2. The summed E-state index contributed by atoms with van der Waals surface area (Å²) >= 11 is 1.60. The van der Waals surface area contributed by atoms with Crippen molar-refractivity contribution in [2.45, 2.75) is 44.5 Å². The first-order valence-electron chi connectivity index (χ1n) is 6.33. The number of aromatic nitrogens is 4. The van der Waals surface area contributed by atoms with Crippen molar-refractivity contribution in [3.05, 3.63) is 27.2 Å². The summed E-state index contributed by atoms with van der Waals surface area (Å²) in [6.07, 6.45) is 2.47. The first kappa shape index (κ1) is 14.1. The summed E-state index contributed by atoms with van der Waals surface area (Å²) in [6, 6.07) is 0. The van der Waals surface area contributed by atoms with Crippen molar-refractivity contribution < 1.29 is 0 Å². The maximum atomic E-state index is 12.1. The third kappa shape index (κ3) is 2.29. The number of hydrogen-bond donors (Lipinski definition) is 1. The summed E-state index contributed by atoms with van der Waals surface area (Å²) in [5, 5.41) is 0.928. The molecule has 104 valence electrons. The molecule has 1 atom stereocenters. The molecule has 19 heavy (non-hydrogen) atoms. The van der Waals surface area contributed by atoms with Crippen molar-refractivity contribution in [3.63, 3.8) is 0 Å². The summed E-state index contributed by atoms with van der Waals surface area (Å²) in [5.74, 6) is 0. The van der Waals surface area contributed by atoms with Crippen LogP contribution in [0, 0.1) is 0 Å². The molecule has 0 fully saturated rings. The summed E-state index contributed by atoms with van der Waals surface area (Å²) in [7, 11) is 0. The van der Waals surface area contributed by atoms with Gasteiger partial charge >= 0.3 is 119 Å². The molecule has 0 aliphatic rings. The van der Waals surface area contributed by atoms with Crippen LogP contribution in [0.5, 0.6) is 0 Å². The van der Waals surface area contributed by atoms with Gasteiger partial charge in [0.2, 0.25) is 0 Å². The van der Waals surface area contributed by atoms with Crippen LogP contribution in [0.4, 0.5) is 0 Å². The SMILES string of the molecule is CCCn1c(=O)[nH]c(=O)c2c1ncn2C(C)(C)C[AsH2]. The predicted molar refractivity (Wildman–Crippen MR) is 77.6 cm³/mol. The van der Waals surface area contributed by atoms with Crippen molar-refractivity contribution in [2.75, 3.05) is 0 Å². The monoisotopic (exact) mass is 326 g/mol. The van der Waals surface area contributed by atoms with E-state index in [1.165, 1.54) is 4.57 Å². The van der Waals surface area contributed by atoms with Gasteiger partial charge in [-0.3, -0.25) is 0 Å². The van der Waals surface area contributed by atoms with E-state index in [-0.39, 0.29) is 16.8 Å². The molecule has 2 aromatic rings. The first-order chi connectivity index (χ1) is 8.92. The molecule has 0 saturated carbocycles. The van der Waals surface area contributed by atoms with Gasteiger partial charge < -0.3 is 0 Å². The van der Waals surface area contributed by atoms with E-state index in [4.69, 9.17) is 0 Å². The zero-order chi connectivity index (χ0) is 14.2. The number of fused-ring (bicyclic) bond motifs is 1. The maximum absolute atomic E-state index is 12.1. The predicted octanol–water partition coefficient (Wildman–Crippen LogP) is 0.0828. The molecule has 2 aromatic heterocycles. The van der Waals surface area contributed by atoms with Crippen LogP contribution in [-0.4, -0.2) is 36.0 Å². The number of nitrogens with one attached hydrogen (secondary N) is 1. The Morgan fingerprint density at radius 3 is 2.68 bits per heavy atom. The second-order valence-electron chi connectivity index (χ2n) is 5.21. The molecule has 0 saturated heterocycles. The van der Waals surface area contributed by atoms with E-state index in [1.54, 1.807) is 23.2 Å². The molecule has 0 bridgehead atoms. The van der Waals surface area contributed by atoms with Gasteiger partial charge in [-0.1, -0.05) is 0 Å². The Morgan fingerprint density at radius 2 is 2.11 bits per heavy atom. The van der Waals surface area contributed by atoms with E-state index in [1.807, 2.05) is 11.5 Å². The first-order valence-corrected chi connectivity index (χ1v) is 8.04. The zero-order valence-corrected chi connectivity index (χ0v) is 13.9. The molecular formula is C12H19AsN4O2. The van der Waals surface area contributed by atoms with Crippen LogP contribution in [0.2, 0.25) is 5.21 Å².